The molecule has 0 saturated carbocycles. The van der Waals surface area contributed by atoms with Gasteiger partial charge in [-0.3, -0.25) is 14.4 Å². The molecular weight excluding hydrogens is 368 g/mol. The first-order valence-electron chi connectivity index (χ1n) is 9.88. The minimum absolute atomic E-state index is 0.0140. The van der Waals surface area contributed by atoms with E-state index in [1.165, 1.54) is 6.92 Å². The minimum Gasteiger partial charge on any atom is -0.456 e. The van der Waals surface area contributed by atoms with E-state index in [0.717, 1.165) is 29.7 Å². The molecule has 2 aromatic rings. The van der Waals surface area contributed by atoms with Gasteiger partial charge in [0, 0.05) is 32.1 Å². The van der Waals surface area contributed by atoms with Crippen molar-refractivity contribution in [2.45, 2.75) is 26.2 Å². The fourth-order valence-electron chi connectivity index (χ4n) is 3.52. The van der Waals surface area contributed by atoms with Crippen LogP contribution in [0.5, 0.6) is 0 Å². The Balaban J connectivity index is 1.47. The lowest BCUT2D eigenvalue weighted by atomic mass is 9.93. The number of nitrogens with zero attached hydrogens (tertiary/aromatic N) is 1. The van der Waals surface area contributed by atoms with Crippen LogP contribution in [0.3, 0.4) is 0 Å². The summed E-state index contributed by atoms with van der Waals surface area (Å²) >= 11 is 0. The van der Waals surface area contributed by atoms with E-state index >= 15 is 0 Å². The minimum atomic E-state index is -0.457. The lowest BCUT2D eigenvalue weighted by Crippen LogP contribution is -2.41. The van der Waals surface area contributed by atoms with Crippen LogP contribution < -0.4 is 5.32 Å². The van der Waals surface area contributed by atoms with Crippen LogP contribution in [0.1, 0.15) is 26.2 Å². The van der Waals surface area contributed by atoms with Crippen molar-refractivity contribution in [2.75, 3.05) is 25.0 Å². The van der Waals surface area contributed by atoms with Crippen LogP contribution in [0.4, 0.5) is 5.69 Å². The van der Waals surface area contributed by atoms with Gasteiger partial charge in [-0.25, -0.2) is 0 Å². The van der Waals surface area contributed by atoms with Crippen LogP contribution in [0.15, 0.2) is 54.6 Å². The van der Waals surface area contributed by atoms with E-state index in [1.807, 2.05) is 54.6 Å². The Bertz CT molecular complexity index is 858. The maximum atomic E-state index is 12.5. The summed E-state index contributed by atoms with van der Waals surface area (Å²) in [4.78, 5) is 37.0. The van der Waals surface area contributed by atoms with Crippen molar-refractivity contribution in [3.05, 3.63) is 54.6 Å². The number of ether oxygens (including phenoxy) is 1. The van der Waals surface area contributed by atoms with Crippen LogP contribution >= 0.6 is 0 Å². The van der Waals surface area contributed by atoms with Crippen molar-refractivity contribution in [3.8, 4) is 11.1 Å². The van der Waals surface area contributed by atoms with Crippen LogP contribution in [0, 0.1) is 5.92 Å². The van der Waals surface area contributed by atoms with Gasteiger partial charge in [0.2, 0.25) is 5.91 Å². The highest BCUT2D eigenvalue weighted by Crippen LogP contribution is 2.24. The summed E-state index contributed by atoms with van der Waals surface area (Å²) in [5.74, 6) is -0.410. The fraction of sp³-hybridized carbons (Fsp3) is 0.348. The number of rotatable bonds is 6. The Labute approximate surface area is 170 Å². The smallest absolute Gasteiger partial charge is 0.303 e. The van der Waals surface area contributed by atoms with Gasteiger partial charge in [-0.05, 0) is 42.0 Å². The van der Waals surface area contributed by atoms with Crippen LogP contribution in [0.25, 0.3) is 11.1 Å². The zero-order valence-electron chi connectivity index (χ0n) is 16.6. The maximum Gasteiger partial charge on any atom is 0.303 e. The number of piperidine rings is 1. The largest absolute Gasteiger partial charge is 0.456 e. The van der Waals surface area contributed by atoms with E-state index < -0.39 is 5.97 Å². The standard InChI is InChI=1S/C23H26N2O4/c1-17(26)29-16-23(28)25-12-10-18(11-13-25)14-22(27)24-21-9-5-8-20(15-21)19-6-3-2-4-7-19/h2-9,15,18H,10-14,16H2,1H3,(H,24,27). The third-order valence-electron chi connectivity index (χ3n) is 5.09. The van der Waals surface area contributed by atoms with Gasteiger partial charge in [-0.2, -0.15) is 0 Å². The van der Waals surface area contributed by atoms with Gasteiger partial charge in [-0.15, -0.1) is 0 Å². The number of anilines is 1. The molecule has 0 atom stereocenters. The number of esters is 1. The van der Waals surface area contributed by atoms with Gasteiger partial charge < -0.3 is 15.0 Å². The number of likely N-dealkylation sites (tertiary alicyclic amines) is 1. The second-order valence-electron chi connectivity index (χ2n) is 7.30. The van der Waals surface area contributed by atoms with Gasteiger partial charge in [0.05, 0.1) is 0 Å². The highest BCUT2D eigenvalue weighted by Gasteiger charge is 2.24. The van der Waals surface area contributed by atoms with Crippen molar-refractivity contribution in [1.82, 2.24) is 4.90 Å². The van der Waals surface area contributed by atoms with Crippen molar-refractivity contribution in [1.29, 1.82) is 0 Å². The average molecular weight is 394 g/mol. The van der Waals surface area contributed by atoms with E-state index in [1.54, 1.807) is 4.90 Å². The topological polar surface area (TPSA) is 75.7 Å². The van der Waals surface area contributed by atoms with Crippen LogP contribution in [0.2, 0.25) is 0 Å². The molecule has 6 nitrogen and oxygen atoms in total. The van der Waals surface area contributed by atoms with Crippen molar-refractivity contribution in [3.63, 3.8) is 0 Å². The average Bonchev–Trinajstić information content (AvgIpc) is 2.73. The zero-order chi connectivity index (χ0) is 20.6. The molecule has 0 aromatic heterocycles. The molecule has 1 saturated heterocycles. The second-order valence-corrected chi connectivity index (χ2v) is 7.30. The lowest BCUT2D eigenvalue weighted by Gasteiger charge is -2.31. The molecule has 0 spiro atoms. The molecule has 29 heavy (non-hydrogen) atoms. The fourth-order valence-corrected chi connectivity index (χ4v) is 3.52. The molecule has 1 N–H and O–H groups in total. The highest BCUT2D eigenvalue weighted by atomic mass is 16.5. The molecule has 2 amide bonds. The van der Waals surface area contributed by atoms with Crippen molar-refractivity contribution in [2.24, 2.45) is 5.92 Å². The third-order valence-corrected chi connectivity index (χ3v) is 5.09. The van der Waals surface area contributed by atoms with Crippen molar-refractivity contribution < 1.29 is 19.1 Å². The monoisotopic (exact) mass is 394 g/mol. The van der Waals surface area contributed by atoms with E-state index in [2.05, 4.69) is 5.32 Å². The van der Waals surface area contributed by atoms with Crippen LogP contribution in [-0.4, -0.2) is 42.4 Å². The number of carbonyl (C=O) groups excluding carboxylic acids is 3. The second kappa shape index (κ2) is 9.87. The van der Waals surface area contributed by atoms with E-state index in [0.29, 0.717) is 19.5 Å². The van der Waals surface area contributed by atoms with Crippen LogP contribution in [-0.2, 0) is 19.1 Å². The zero-order valence-corrected chi connectivity index (χ0v) is 16.6. The number of benzene rings is 2. The van der Waals surface area contributed by atoms with Gasteiger partial charge in [-0.1, -0.05) is 42.5 Å². The molecule has 0 bridgehead atoms. The number of carbonyl (C=O) groups is 3. The Morgan fingerprint density at radius 3 is 2.38 bits per heavy atom. The van der Waals surface area contributed by atoms with E-state index in [-0.39, 0.29) is 24.3 Å². The quantitative estimate of drug-likeness (QED) is 0.761. The molecule has 1 fully saturated rings. The molecule has 3 rings (SSSR count). The summed E-state index contributed by atoms with van der Waals surface area (Å²) < 4.78 is 4.76. The summed E-state index contributed by atoms with van der Waals surface area (Å²) in [6.45, 7) is 2.25. The lowest BCUT2D eigenvalue weighted by molar-refractivity contribution is -0.150. The summed E-state index contributed by atoms with van der Waals surface area (Å²) in [6, 6.07) is 17.9. The van der Waals surface area contributed by atoms with Gasteiger partial charge in [0.1, 0.15) is 0 Å². The Morgan fingerprint density at radius 2 is 1.69 bits per heavy atom. The summed E-state index contributed by atoms with van der Waals surface area (Å²) in [5.41, 5.74) is 2.95. The predicted molar refractivity (Wildman–Crippen MR) is 111 cm³/mol. The molecular formula is C23H26N2O4. The molecule has 6 heteroatoms. The van der Waals surface area contributed by atoms with Gasteiger partial charge in [0.15, 0.2) is 6.61 Å². The molecule has 152 valence electrons. The molecule has 2 aromatic carbocycles. The Morgan fingerprint density at radius 1 is 1.00 bits per heavy atom. The van der Waals surface area contributed by atoms with E-state index in [4.69, 9.17) is 4.74 Å². The summed E-state index contributed by atoms with van der Waals surface area (Å²) in [5, 5.41) is 2.99. The van der Waals surface area contributed by atoms with Gasteiger partial charge >= 0.3 is 5.97 Å². The van der Waals surface area contributed by atoms with Gasteiger partial charge in [0.25, 0.3) is 5.91 Å². The number of hydrogen-bond acceptors (Lipinski definition) is 4. The number of nitrogens with one attached hydrogen (secondary N) is 1. The summed E-state index contributed by atoms with van der Waals surface area (Å²) in [7, 11) is 0. The maximum absolute atomic E-state index is 12.5. The number of hydrogen-bond donors (Lipinski definition) is 1. The summed E-state index contributed by atoms with van der Waals surface area (Å²) in [6.07, 6.45) is 1.97. The predicted octanol–water partition coefficient (Wildman–Crippen LogP) is 3.48. The highest BCUT2D eigenvalue weighted by molar-refractivity contribution is 5.91. The Hall–Kier alpha value is -3.15. The third kappa shape index (κ3) is 6.17. The molecule has 0 unspecified atom stereocenters. The first-order valence-corrected chi connectivity index (χ1v) is 9.88. The first-order chi connectivity index (χ1) is 14.0. The first kappa shape index (κ1) is 20.6. The molecule has 0 radical (unpaired) electrons. The normalized spacial score (nSPS) is 14.3. The van der Waals surface area contributed by atoms with E-state index in [9.17, 15) is 14.4 Å². The molecule has 1 aliphatic heterocycles. The SMILES string of the molecule is CC(=O)OCC(=O)N1CCC(CC(=O)Nc2cccc(-c3ccccc3)c2)CC1. The molecule has 1 heterocycles. The molecule has 1 aliphatic rings. The number of amides is 2. The van der Waals surface area contributed by atoms with Crippen molar-refractivity contribution >= 4 is 23.5 Å². The Kier molecular flexibility index (Phi) is 7.00. The molecule has 0 aliphatic carbocycles.